The van der Waals surface area contributed by atoms with E-state index in [1.54, 1.807) is 0 Å². The standard InChI is InChI=1S/C10H10O6/c11-5-4-10(8(15)16)2-1-9(5,7(13)14)3-6(10)12/h1-4H2,(H,13,14)(H,15,16)/p-2/t9-,10-/m0/s1. The monoisotopic (exact) mass is 224 g/mol. The molecule has 0 amide bonds. The molecule has 0 aromatic heterocycles. The van der Waals surface area contributed by atoms with E-state index in [2.05, 4.69) is 0 Å². The normalized spacial score (nSPS) is 37.5. The number of carbonyl (C=O) groups excluding carboxylic acids is 4. The van der Waals surface area contributed by atoms with E-state index in [0.29, 0.717) is 0 Å². The third-order valence-corrected chi connectivity index (χ3v) is 3.75. The molecule has 6 nitrogen and oxygen atoms in total. The maximum Gasteiger partial charge on any atom is 0.146 e. The minimum Gasteiger partial charge on any atom is -0.549 e. The van der Waals surface area contributed by atoms with Crippen molar-refractivity contribution in [3.63, 3.8) is 0 Å². The average Bonchev–Trinajstić information content (AvgIpc) is 2.19. The zero-order valence-corrected chi connectivity index (χ0v) is 8.28. The van der Waals surface area contributed by atoms with Gasteiger partial charge in [0.05, 0.1) is 22.8 Å². The fraction of sp³-hybridized carbons (Fsp3) is 0.600. The number of Topliss-reactive ketones (excluding diaryl/α,β-unsaturated/α-hetero) is 2. The fourth-order valence-corrected chi connectivity index (χ4v) is 2.54. The third kappa shape index (κ3) is 1.01. The van der Waals surface area contributed by atoms with Gasteiger partial charge in [-0.25, -0.2) is 0 Å². The molecular weight excluding hydrogens is 216 g/mol. The Balaban J connectivity index is 2.47. The second-order valence-corrected chi connectivity index (χ2v) is 4.44. The SMILES string of the molecule is O=C([O-])[C@]12CC[C@](C(=O)[O-])(CC1=O)C(=O)C2. The molecule has 3 saturated carbocycles. The Hall–Kier alpha value is -1.72. The molecule has 0 radical (unpaired) electrons. The first-order chi connectivity index (χ1) is 7.35. The topological polar surface area (TPSA) is 114 Å². The summed E-state index contributed by atoms with van der Waals surface area (Å²) in [7, 11) is 0. The summed E-state index contributed by atoms with van der Waals surface area (Å²) in [6, 6.07) is 0. The highest BCUT2D eigenvalue weighted by Gasteiger charge is 2.60. The Morgan fingerprint density at radius 3 is 1.38 bits per heavy atom. The second-order valence-electron chi connectivity index (χ2n) is 4.44. The summed E-state index contributed by atoms with van der Waals surface area (Å²) in [6.07, 6.45) is -1.48. The smallest absolute Gasteiger partial charge is 0.146 e. The molecule has 3 fully saturated rings. The maximum absolute atomic E-state index is 11.6. The predicted octanol–water partition coefficient (Wildman–Crippen LogP) is -2.82. The van der Waals surface area contributed by atoms with E-state index < -0.39 is 47.2 Å². The molecule has 16 heavy (non-hydrogen) atoms. The van der Waals surface area contributed by atoms with Crippen molar-refractivity contribution in [2.45, 2.75) is 25.7 Å². The number of carbonyl (C=O) groups is 4. The number of carboxylic acids is 2. The molecule has 3 aliphatic rings. The van der Waals surface area contributed by atoms with E-state index >= 15 is 0 Å². The van der Waals surface area contributed by atoms with Gasteiger partial charge in [0.1, 0.15) is 11.6 Å². The van der Waals surface area contributed by atoms with Gasteiger partial charge in [-0.3, -0.25) is 9.59 Å². The number of carboxylic acid groups (broad SMARTS) is 2. The first-order valence-electron chi connectivity index (χ1n) is 4.85. The molecule has 0 aliphatic heterocycles. The fourth-order valence-electron chi connectivity index (χ4n) is 2.54. The van der Waals surface area contributed by atoms with Crippen molar-refractivity contribution in [2.24, 2.45) is 10.8 Å². The summed E-state index contributed by atoms with van der Waals surface area (Å²) in [4.78, 5) is 45.1. The first kappa shape index (κ1) is 10.8. The zero-order chi connectivity index (χ0) is 12.1. The lowest BCUT2D eigenvalue weighted by Crippen LogP contribution is -2.64. The maximum atomic E-state index is 11.6. The van der Waals surface area contributed by atoms with Crippen molar-refractivity contribution in [3.8, 4) is 0 Å². The summed E-state index contributed by atoms with van der Waals surface area (Å²) in [5.74, 6) is -4.64. The number of fused-ring (bicyclic) bond motifs is 3. The Labute approximate surface area is 90.2 Å². The molecule has 2 bridgehead atoms. The molecule has 0 unspecified atom stereocenters. The molecule has 6 heteroatoms. The Kier molecular flexibility index (Phi) is 1.95. The molecule has 0 N–H and O–H groups in total. The molecule has 3 aliphatic carbocycles. The lowest BCUT2D eigenvalue weighted by atomic mass is 9.52. The van der Waals surface area contributed by atoms with Crippen molar-refractivity contribution in [3.05, 3.63) is 0 Å². The van der Waals surface area contributed by atoms with Gasteiger partial charge in [0, 0.05) is 12.8 Å². The van der Waals surface area contributed by atoms with E-state index in [0.717, 1.165) is 0 Å². The molecule has 0 heterocycles. The van der Waals surface area contributed by atoms with Crippen molar-refractivity contribution in [2.75, 3.05) is 0 Å². The lowest BCUT2D eigenvalue weighted by Gasteiger charge is -2.51. The predicted molar refractivity (Wildman–Crippen MR) is 43.4 cm³/mol. The van der Waals surface area contributed by atoms with E-state index in [1.165, 1.54) is 0 Å². The molecule has 0 aromatic rings. The summed E-state index contributed by atoms with van der Waals surface area (Å²) in [5.41, 5.74) is -3.59. The summed E-state index contributed by atoms with van der Waals surface area (Å²) in [5, 5.41) is 21.8. The molecule has 0 spiro atoms. The van der Waals surface area contributed by atoms with Crippen LogP contribution in [0.4, 0.5) is 0 Å². The molecular formula is C10H8O6-2. The molecule has 0 aromatic carbocycles. The van der Waals surface area contributed by atoms with Crippen molar-refractivity contribution < 1.29 is 29.4 Å². The van der Waals surface area contributed by atoms with Gasteiger partial charge in [-0.1, -0.05) is 0 Å². The quantitative estimate of drug-likeness (QED) is 0.467. The van der Waals surface area contributed by atoms with Gasteiger partial charge in [0.25, 0.3) is 0 Å². The highest BCUT2D eigenvalue weighted by Crippen LogP contribution is 2.52. The van der Waals surface area contributed by atoms with Crippen LogP contribution in [-0.2, 0) is 19.2 Å². The van der Waals surface area contributed by atoms with Gasteiger partial charge in [0.15, 0.2) is 0 Å². The zero-order valence-electron chi connectivity index (χ0n) is 8.28. The molecule has 3 rings (SSSR count). The summed E-state index contributed by atoms with van der Waals surface area (Å²) in [6.45, 7) is 0. The molecule has 0 saturated heterocycles. The van der Waals surface area contributed by atoms with Crippen LogP contribution in [0.3, 0.4) is 0 Å². The largest absolute Gasteiger partial charge is 0.549 e. The van der Waals surface area contributed by atoms with Crippen LogP contribution in [0.25, 0.3) is 0 Å². The van der Waals surface area contributed by atoms with Crippen LogP contribution in [0.1, 0.15) is 25.7 Å². The van der Waals surface area contributed by atoms with E-state index in [9.17, 15) is 29.4 Å². The van der Waals surface area contributed by atoms with Gasteiger partial charge >= 0.3 is 0 Å². The molecule has 2 atom stereocenters. The van der Waals surface area contributed by atoms with E-state index in [1.807, 2.05) is 0 Å². The average molecular weight is 224 g/mol. The number of hydrogen-bond donors (Lipinski definition) is 0. The Morgan fingerprint density at radius 1 is 0.875 bits per heavy atom. The highest BCUT2D eigenvalue weighted by atomic mass is 16.4. The van der Waals surface area contributed by atoms with Crippen LogP contribution < -0.4 is 10.2 Å². The van der Waals surface area contributed by atoms with Crippen LogP contribution in [-0.4, -0.2) is 23.5 Å². The lowest BCUT2D eigenvalue weighted by molar-refractivity contribution is -0.327. The van der Waals surface area contributed by atoms with Gasteiger partial charge in [-0.2, -0.15) is 0 Å². The van der Waals surface area contributed by atoms with E-state index in [-0.39, 0.29) is 12.8 Å². The Bertz CT molecular complexity index is 385. The minimum atomic E-state index is -1.80. The van der Waals surface area contributed by atoms with Crippen LogP contribution in [0, 0.1) is 10.8 Å². The number of rotatable bonds is 2. The summed E-state index contributed by atoms with van der Waals surface area (Å²) >= 11 is 0. The van der Waals surface area contributed by atoms with Crippen LogP contribution in [0.15, 0.2) is 0 Å². The van der Waals surface area contributed by atoms with Gasteiger partial charge < -0.3 is 19.8 Å². The van der Waals surface area contributed by atoms with Gasteiger partial charge in [-0.15, -0.1) is 0 Å². The minimum absolute atomic E-state index is 0.159. The molecule has 86 valence electrons. The van der Waals surface area contributed by atoms with Crippen molar-refractivity contribution in [1.29, 1.82) is 0 Å². The number of aliphatic carboxylic acids is 2. The third-order valence-electron chi connectivity index (χ3n) is 3.75. The van der Waals surface area contributed by atoms with Crippen LogP contribution >= 0.6 is 0 Å². The van der Waals surface area contributed by atoms with Gasteiger partial charge in [0.2, 0.25) is 0 Å². The van der Waals surface area contributed by atoms with E-state index in [4.69, 9.17) is 0 Å². The number of ketones is 2. The first-order valence-corrected chi connectivity index (χ1v) is 4.85. The van der Waals surface area contributed by atoms with Gasteiger partial charge in [-0.05, 0) is 12.8 Å². The highest BCUT2D eigenvalue weighted by molar-refractivity contribution is 6.18. The number of hydrogen-bond acceptors (Lipinski definition) is 6. The van der Waals surface area contributed by atoms with Crippen molar-refractivity contribution >= 4 is 23.5 Å². The summed E-state index contributed by atoms with van der Waals surface area (Å²) < 4.78 is 0. The second kappa shape index (κ2) is 2.90. The Morgan fingerprint density at radius 2 is 1.19 bits per heavy atom. The van der Waals surface area contributed by atoms with Crippen molar-refractivity contribution in [1.82, 2.24) is 0 Å². The van der Waals surface area contributed by atoms with Crippen LogP contribution in [0.2, 0.25) is 0 Å². The van der Waals surface area contributed by atoms with Crippen LogP contribution in [0.5, 0.6) is 0 Å².